The van der Waals surface area contributed by atoms with Gasteiger partial charge in [0, 0.05) is 22.4 Å². The van der Waals surface area contributed by atoms with Crippen molar-refractivity contribution in [1.82, 2.24) is 0 Å². The van der Waals surface area contributed by atoms with E-state index in [1.54, 1.807) is 23.5 Å². The van der Waals surface area contributed by atoms with E-state index in [9.17, 15) is 9.90 Å². The van der Waals surface area contributed by atoms with Crippen LogP contribution in [0.1, 0.15) is 10.4 Å². The van der Waals surface area contributed by atoms with E-state index in [-0.39, 0.29) is 18.8 Å². The lowest BCUT2D eigenvalue weighted by Crippen LogP contribution is -2.23. The van der Waals surface area contributed by atoms with E-state index in [4.69, 9.17) is 13.9 Å². The first-order valence-corrected chi connectivity index (χ1v) is 8.45. The Kier molecular flexibility index (Phi) is 5.30. The summed E-state index contributed by atoms with van der Waals surface area (Å²) >= 11 is 1.61. The molecule has 0 bridgehead atoms. The second kappa shape index (κ2) is 7.61. The van der Waals surface area contributed by atoms with Crippen molar-refractivity contribution in [1.29, 1.82) is 0 Å². The van der Waals surface area contributed by atoms with Gasteiger partial charge in [0.05, 0.1) is 13.2 Å². The number of aliphatic hydroxyl groups is 1. The van der Waals surface area contributed by atoms with Gasteiger partial charge in [0.2, 0.25) is 0 Å². The molecule has 2 aromatic heterocycles. The third kappa shape index (κ3) is 4.23. The van der Waals surface area contributed by atoms with Crippen LogP contribution in [0.2, 0.25) is 0 Å². The maximum atomic E-state index is 11.4. The second-order valence-corrected chi connectivity index (χ2v) is 6.50. The summed E-state index contributed by atoms with van der Waals surface area (Å²) in [5, 5.41) is 12.8. The van der Waals surface area contributed by atoms with Crippen LogP contribution in [0.15, 0.2) is 51.0 Å². The molecule has 0 spiro atoms. The summed E-state index contributed by atoms with van der Waals surface area (Å²) in [6, 6.07) is 10.7. The highest BCUT2D eigenvalue weighted by molar-refractivity contribution is 7.09. The van der Waals surface area contributed by atoms with E-state index in [2.05, 4.69) is 0 Å². The van der Waals surface area contributed by atoms with Crippen molar-refractivity contribution < 1.29 is 19.0 Å². The minimum Gasteiger partial charge on any atom is -0.491 e. The topological polar surface area (TPSA) is 68.9 Å². The Bertz CT molecular complexity index is 853. The van der Waals surface area contributed by atoms with Gasteiger partial charge < -0.3 is 19.0 Å². The van der Waals surface area contributed by atoms with Crippen molar-refractivity contribution in [2.75, 3.05) is 13.2 Å². The summed E-state index contributed by atoms with van der Waals surface area (Å²) in [4.78, 5) is 12.5. The van der Waals surface area contributed by atoms with E-state index >= 15 is 0 Å². The molecule has 0 fully saturated rings. The van der Waals surface area contributed by atoms with Gasteiger partial charge in [0.15, 0.2) is 0 Å². The number of hydrogen-bond donors (Lipinski definition) is 1. The molecule has 1 unspecified atom stereocenters. The first-order valence-electron chi connectivity index (χ1n) is 7.57. The Morgan fingerprint density at radius 3 is 2.92 bits per heavy atom. The lowest BCUT2D eigenvalue weighted by molar-refractivity contribution is 0.00626. The predicted octanol–water partition coefficient (Wildman–Crippen LogP) is 3.12. The van der Waals surface area contributed by atoms with Crippen molar-refractivity contribution in [3.05, 3.63) is 62.6 Å². The van der Waals surface area contributed by atoms with Crippen LogP contribution in [0.5, 0.6) is 5.75 Å². The summed E-state index contributed by atoms with van der Waals surface area (Å²) < 4.78 is 16.2. The minimum atomic E-state index is -0.731. The molecule has 0 radical (unpaired) electrons. The largest absolute Gasteiger partial charge is 0.491 e. The number of rotatable bonds is 7. The van der Waals surface area contributed by atoms with Gasteiger partial charge in [-0.15, -0.1) is 11.3 Å². The highest BCUT2D eigenvalue weighted by Crippen LogP contribution is 2.22. The smallest absolute Gasteiger partial charge is 0.336 e. The number of aliphatic hydroxyl groups excluding tert-OH is 1. The quantitative estimate of drug-likeness (QED) is 0.666. The van der Waals surface area contributed by atoms with E-state index in [0.29, 0.717) is 17.9 Å². The molecule has 6 heteroatoms. The van der Waals surface area contributed by atoms with Crippen LogP contribution in [-0.4, -0.2) is 24.4 Å². The van der Waals surface area contributed by atoms with Crippen LogP contribution in [0.4, 0.5) is 0 Å². The lowest BCUT2D eigenvalue weighted by Gasteiger charge is -2.13. The van der Waals surface area contributed by atoms with Gasteiger partial charge in [0.1, 0.15) is 24.0 Å². The molecule has 2 heterocycles. The SMILES string of the molecule is Cc1cc(=O)oc2cc(OCC(O)COCc3cccs3)ccc12. The van der Waals surface area contributed by atoms with Crippen molar-refractivity contribution in [3.8, 4) is 5.75 Å². The first-order chi connectivity index (χ1) is 11.6. The molecule has 0 saturated carbocycles. The van der Waals surface area contributed by atoms with Crippen LogP contribution in [0.3, 0.4) is 0 Å². The minimum absolute atomic E-state index is 0.103. The number of ether oxygens (including phenoxy) is 2. The van der Waals surface area contributed by atoms with Crippen molar-refractivity contribution in [2.45, 2.75) is 19.6 Å². The molecular weight excluding hydrogens is 328 g/mol. The summed E-state index contributed by atoms with van der Waals surface area (Å²) in [7, 11) is 0. The summed E-state index contributed by atoms with van der Waals surface area (Å²) in [5.41, 5.74) is 0.940. The number of hydrogen-bond acceptors (Lipinski definition) is 6. The molecule has 1 aromatic carbocycles. The van der Waals surface area contributed by atoms with Crippen molar-refractivity contribution in [2.24, 2.45) is 0 Å². The average molecular weight is 346 g/mol. The fraction of sp³-hybridized carbons (Fsp3) is 0.278. The Balaban J connectivity index is 1.54. The first kappa shape index (κ1) is 16.7. The molecule has 1 N–H and O–H groups in total. The Morgan fingerprint density at radius 2 is 2.12 bits per heavy atom. The van der Waals surface area contributed by atoms with E-state index in [0.717, 1.165) is 15.8 Å². The van der Waals surface area contributed by atoms with Crippen LogP contribution in [0.25, 0.3) is 11.0 Å². The van der Waals surface area contributed by atoms with Crippen LogP contribution in [0, 0.1) is 6.92 Å². The molecule has 5 nitrogen and oxygen atoms in total. The zero-order valence-electron chi connectivity index (χ0n) is 13.2. The number of aryl methyl sites for hydroxylation is 1. The molecule has 24 heavy (non-hydrogen) atoms. The molecule has 0 amide bonds. The summed E-state index contributed by atoms with van der Waals surface area (Å²) in [5.74, 6) is 0.536. The van der Waals surface area contributed by atoms with E-state index in [1.807, 2.05) is 30.5 Å². The van der Waals surface area contributed by atoms with Gasteiger partial charge in [0.25, 0.3) is 0 Å². The zero-order valence-corrected chi connectivity index (χ0v) is 14.0. The highest BCUT2D eigenvalue weighted by atomic mass is 32.1. The van der Waals surface area contributed by atoms with Gasteiger partial charge in [-0.3, -0.25) is 0 Å². The predicted molar refractivity (Wildman–Crippen MR) is 92.7 cm³/mol. The number of thiophene rings is 1. The van der Waals surface area contributed by atoms with Gasteiger partial charge in [-0.2, -0.15) is 0 Å². The van der Waals surface area contributed by atoms with Crippen molar-refractivity contribution in [3.63, 3.8) is 0 Å². The fourth-order valence-corrected chi connectivity index (χ4v) is 2.97. The molecule has 3 aromatic rings. The van der Waals surface area contributed by atoms with Gasteiger partial charge in [-0.25, -0.2) is 4.79 Å². The summed E-state index contributed by atoms with van der Waals surface area (Å²) in [6.45, 7) is 2.63. The molecule has 126 valence electrons. The van der Waals surface area contributed by atoms with E-state index in [1.165, 1.54) is 6.07 Å². The average Bonchev–Trinajstić information content (AvgIpc) is 3.05. The number of fused-ring (bicyclic) bond motifs is 1. The highest BCUT2D eigenvalue weighted by Gasteiger charge is 2.08. The second-order valence-electron chi connectivity index (χ2n) is 5.47. The molecular formula is C18H18O5S. The van der Waals surface area contributed by atoms with Gasteiger partial charge in [-0.1, -0.05) is 6.07 Å². The number of benzene rings is 1. The van der Waals surface area contributed by atoms with Crippen LogP contribution >= 0.6 is 11.3 Å². The van der Waals surface area contributed by atoms with Gasteiger partial charge in [-0.05, 0) is 36.1 Å². The molecule has 0 saturated heterocycles. The zero-order chi connectivity index (χ0) is 16.9. The normalized spacial score (nSPS) is 12.4. The van der Waals surface area contributed by atoms with Crippen LogP contribution < -0.4 is 10.4 Å². The maximum absolute atomic E-state index is 11.4. The Labute approximate surface area is 143 Å². The molecule has 0 aliphatic rings. The maximum Gasteiger partial charge on any atom is 0.336 e. The molecule has 3 rings (SSSR count). The monoisotopic (exact) mass is 346 g/mol. The third-order valence-corrected chi connectivity index (χ3v) is 4.35. The van der Waals surface area contributed by atoms with E-state index < -0.39 is 6.10 Å². The Morgan fingerprint density at radius 1 is 1.25 bits per heavy atom. The lowest BCUT2D eigenvalue weighted by atomic mass is 10.1. The Hall–Kier alpha value is -2.15. The molecule has 1 atom stereocenters. The molecule has 0 aliphatic carbocycles. The molecule has 0 aliphatic heterocycles. The van der Waals surface area contributed by atoms with Gasteiger partial charge >= 0.3 is 5.63 Å². The standard InChI is InChI=1S/C18H18O5S/c1-12-7-18(20)23-17-8-14(4-5-16(12)17)22-10-13(19)9-21-11-15-3-2-6-24-15/h2-8,13,19H,9-11H2,1H3. The van der Waals surface area contributed by atoms with Crippen LogP contribution in [-0.2, 0) is 11.3 Å². The third-order valence-electron chi connectivity index (χ3n) is 3.50. The summed E-state index contributed by atoms with van der Waals surface area (Å²) in [6.07, 6.45) is -0.731. The fourth-order valence-electron chi connectivity index (χ4n) is 2.33. The van der Waals surface area contributed by atoms with Crippen molar-refractivity contribution >= 4 is 22.3 Å².